The van der Waals surface area contributed by atoms with E-state index in [-0.39, 0.29) is 16.7 Å². The zero-order chi connectivity index (χ0) is 27.8. The van der Waals surface area contributed by atoms with Crippen LogP contribution in [0.25, 0.3) is 22.3 Å². The van der Waals surface area contributed by atoms with Crippen LogP contribution in [0.1, 0.15) is 27.8 Å². The number of rotatable bonds is 5. The van der Waals surface area contributed by atoms with Gasteiger partial charge >= 0.3 is 6.18 Å². The number of hydrogen-bond acceptors (Lipinski definition) is 2. The molecule has 39 heavy (non-hydrogen) atoms. The summed E-state index contributed by atoms with van der Waals surface area (Å²) in [5.41, 5.74) is 0.986. The van der Waals surface area contributed by atoms with Crippen LogP contribution >= 0.6 is 0 Å². The third kappa shape index (κ3) is 4.44. The molecule has 5 heteroatoms. The second kappa shape index (κ2) is 9.99. The van der Waals surface area contributed by atoms with E-state index >= 15 is 13.2 Å². The second-order valence-corrected chi connectivity index (χ2v) is 9.71. The van der Waals surface area contributed by atoms with Crippen molar-refractivity contribution < 1.29 is 23.4 Å². The molecule has 0 heterocycles. The third-order valence-electron chi connectivity index (χ3n) is 7.35. The molecule has 0 amide bonds. The Morgan fingerprint density at radius 3 is 1.31 bits per heavy atom. The molecule has 0 fully saturated rings. The Balaban J connectivity index is 1.79. The van der Waals surface area contributed by atoms with Crippen molar-refractivity contribution in [1.82, 2.24) is 0 Å². The summed E-state index contributed by atoms with van der Waals surface area (Å²) >= 11 is 0. The minimum atomic E-state index is -4.92. The quantitative estimate of drug-likeness (QED) is 0.225. The van der Waals surface area contributed by atoms with Crippen LogP contribution in [0.3, 0.4) is 0 Å². The highest BCUT2D eigenvalue weighted by Gasteiger charge is 2.60. The first-order chi connectivity index (χ1) is 18.6. The molecule has 5 aromatic rings. The SMILES string of the molecule is Cc1ccccc1-c1ccc(C(c2ccccc2)(c2ccc(-c3ccccc3C)cc2O)C(F)(F)F)c(O)c1. The van der Waals surface area contributed by atoms with Crippen molar-refractivity contribution in [2.45, 2.75) is 25.4 Å². The monoisotopic (exact) mass is 524 g/mol. The number of halogens is 3. The molecule has 0 unspecified atom stereocenters. The molecular formula is C34H27F3O2. The van der Waals surface area contributed by atoms with E-state index in [0.717, 1.165) is 22.3 Å². The van der Waals surface area contributed by atoms with Gasteiger partial charge in [0.15, 0.2) is 0 Å². The minimum Gasteiger partial charge on any atom is -0.508 e. The molecule has 0 radical (unpaired) electrons. The van der Waals surface area contributed by atoms with Crippen molar-refractivity contribution in [1.29, 1.82) is 0 Å². The summed E-state index contributed by atoms with van der Waals surface area (Å²) in [6.45, 7) is 3.80. The molecule has 5 rings (SSSR count). The van der Waals surface area contributed by atoms with E-state index in [9.17, 15) is 10.2 Å². The highest BCUT2D eigenvalue weighted by molar-refractivity contribution is 5.73. The third-order valence-corrected chi connectivity index (χ3v) is 7.35. The number of aromatic hydroxyl groups is 2. The average molecular weight is 525 g/mol. The maximum absolute atomic E-state index is 15.5. The number of phenols is 2. The van der Waals surface area contributed by atoms with Crippen LogP contribution in [-0.2, 0) is 5.41 Å². The van der Waals surface area contributed by atoms with Crippen LogP contribution in [0.2, 0.25) is 0 Å². The number of benzene rings is 5. The number of phenolic OH excluding ortho intramolecular Hbond substituents is 2. The normalized spacial score (nSPS) is 11.9. The van der Waals surface area contributed by atoms with Gasteiger partial charge in [0.2, 0.25) is 0 Å². The zero-order valence-corrected chi connectivity index (χ0v) is 21.5. The summed E-state index contributed by atoms with van der Waals surface area (Å²) in [6, 6.07) is 30.9. The maximum atomic E-state index is 15.5. The van der Waals surface area contributed by atoms with Gasteiger partial charge in [-0.15, -0.1) is 0 Å². The lowest BCUT2D eigenvalue weighted by atomic mass is 9.67. The van der Waals surface area contributed by atoms with Crippen molar-refractivity contribution in [3.05, 3.63) is 143 Å². The van der Waals surface area contributed by atoms with Crippen LogP contribution in [0.5, 0.6) is 11.5 Å². The van der Waals surface area contributed by atoms with Gasteiger partial charge in [0.05, 0.1) is 0 Å². The lowest BCUT2D eigenvalue weighted by Gasteiger charge is -2.38. The minimum absolute atomic E-state index is 0.115. The molecule has 0 aromatic heterocycles. The highest BCUT2D eigenvalue weighted by atomic mass is 19.4. The summed E-state index contributed by atoms with van der Waals surface area (Å²) in [6.07, 6.45) is -4.92. The topological polar surface area (TPSA) is 40.5 Å². The first kappa shape index (κ1) is 26.1. The van der Waals surface area contributed by atoms with Crippen LogP contribution < -0.4 is 0 Å². The van der Waals surface area contributed by atoms with Crippen LogP contribution in [-0.4, -0.2) is 16.4 Å². The summed E-state index contributed by atoms with van der Waals surface area (Å²) in [7, 11) is 0. The summed E-state index contributed by atoms with van der Waals surface area (Å²) < 4.78 is 46.6. The highest BCUT2D eigenvalue weighted by Crippen LogP contribution is 2.56. The van der Waals surface area contributed by atoms with Gasteiger partial charge in [-0.3, -0.25) is 0 Å². The summed E-state index contributed by atoms with van der Waals surface area (Å²) in [5, 5.41) is 22.5. The van der Waals surface area contributed by atoms with Gasteiger partial charge in [0.1, 0.15) is 16.9 Å². The number of alkyl halides is 3. The molecule has 196 valence electrons. The van der Waals surface area contributed by atoms with Gasteiger partial charge in [-0.25, -0.2) is 0 Å². The van der Waals surface area contributed by atoms with Gasteiger partial charge in [0.25, 0.3) is 0 Å². The maximum Gasteiger partial charge on any atom is 0.406 e. The van der Waals surface area contributed by atoms with Gasteiger partial charge in [-0.05, 0) is 64.9 Å². The molecule has 5 aromatic carbocycles. The predicted molar refractivity (Wildman–Crippen MR) is 149 cm³/mol. The zero-order valence-electron chi connectivity index (χ0n) is 21.5. The van der Waals surface area contributed by atoms with Crippen molar-refractivity contribution in [3.63, 3.8) is 0 Å². The predicted octanol–water partition coefficient (Wildman–Crippen LogP) is 8.95. The summed E-state index contributed by atoms with van der Waals surface area (Å²) in [4.78, 5) is 0. The molecule has 0 saturated heterocycles. The van der Waals surface area contributed by atoms with Crippen molar-refractivity contribution in [2.75, 3.05) is 0 Å². The van der Waals surface area contributed by atoms with Crippen LogP contribution in [0.4, 0.5) is 13.2 Å². The number of aryl methyl sites for hydroxylation is 2. The lowest BCUT2D eigenvalue weighted by molar-refractivity contribution is -0.167. The lowest BCUT2D eigenvalue weighted by Crippen LogP contribution is -2.44. The first-order valence-corrected chi connectivity index (χ1v) is 12.6. The van der Waals surface area contributed by atoms with Gasteiger partial charge in [-0.2, -0.15) is 13.2 Å². The Hall–Kier alpha value is -4.51. The smallest absolute Gasteiger partial charge is 0.406 e. The van der Waals surface area contributed by atoms with E-state index in [1.54, 1.807) is 18.2 Å². The molecule has 0 aliphatic carbocycles. The molecule has 0 bridgehead atoms. The van der Waals surface area contributed by atoms with Gasteiger partial charge < -0.3 is 10.2 Å². The van der Waals surface area contributed by atoms with E-state index < -0.39 is 23.1 Å². The van der Waals surface area contributed by atoms with Crippen molar-refractivity contribution in [2.24, 2.45) is 0 Å². The van der Waals surface area contributed by atoms with Crippen LogP contribution in [0.15, 0.2) is 115 Å². The molecule has 0 aliphatic heterocycles. The summed E-state index contributed by atoms with van der Waals surface area (Å²) in [5.74, 6) is -1.03. The Kier molecular flexibility index (Phi) is 6.69. The first-order valence-electron chi connectivity index (χ1n) is 12.6. The fourth-order valence-corrected chi connectivity index (χ4v) is 5.44. The van der Waals surface area contributed by atoms with E-state index in [4.69, 9.17) is 0 Å². The average Bonchev–Trinajstić information content (AvgIpc) is 2.91. The molecule has 0 aliphatic rings. The van der Waals surface area contributed by atoms with Gasteiger partial charge in [-0.1, -0.05) is 103 Å². The molecule has 0 spiro atoms. The molecule has 2 nitrogen and oxygen atoms in total. The fraction of sp³-hybridized carbons (Fsp3) is 0.118. The van der Waals surface area contributed by atoms with Crippen molar-refractivity contribution >= 4 is 0 Å². The van der Waals surface area contributed by atoms with E-state index in [1.807, 2.05) is 62.4 Å². The Morgan fingerprint density at radius 2 is 0.923 bits per heavy atom. The molecule has 0 atom stereocenters. The Labute approximate surface area is 225 Å². The fourth-order valence-electron chi connectivity index (χ4n) is 5.44. The molecule has 2 N–H and O–H groups in total. The van der Waals surface area contributed by atoms with Crippen molar-refractivity contribution in [3.8, 4) is 33.8 Å². The largest absolute Gasteiger partial charge is 0.508 e. The van der Waals surface area contributed by atoms with E-state index in [2.05, 4.69) is 0 Å². The van der Waals surface area contributed by atoms with E-state index in [0.29, 0.717) is 11.1 Å². The molecule has 0 saturated carbocycles. The van der Waals surface area contributed by atoms with E-state index in [1.165, 1.54) is 48.5 Å². The number of hydrogen-bond donors (Lipinski definition) is 2. The van der Waals surface area contributed by atoms with Crippen LogP contribution in [0, 0.1) is 13.8 Å². The standard InChI is InChI=1S/C34H27F3O2/c1-22-10-6-8-14-27(22)24-16-18-29(31(38)20-24)33(34(35,36)37,26-12-4-3-5-13-26)30-19-17-25(21-32(30)39)28-15-9-7-11-23(28)2/h3-21,38-39H,1-2H3. The second-order valence-electron chi connectivity index (χ2n) is 9.71. The Bertz CT molecular complexity index is 1540. The molecular weight excluding hydrogens is 497 g/mol. The Morgan fingerprint density at radius 1 is 0.513 bits per heavy atom. The van der Waals surface area contributed by atoms with Gasteiger partial charge in [0, 0.05) is 11.1 Å².